The maximum atomic E-state index is 12.8. The van der Waals surface area contributed by atoms with Gasteiger partial charge in [0.1, 0.15) is 5.76 Å². The monoisotopic (exact) mass is 418 g/mol. The quantitative estimate of drug-likeness (QED) is 0.610. The van der Waals surface area contributed by atoms with Gasteiger partial charge < -0.3 is 9.73 Å². The summed E-state index contributed by atoms with van der Waals surface area (Å²) in [7, 11) is 0. The molecule has 2 aromatic carbocycles. The van der Waals surface area contributed by atoms with Gasteiger partial charge in [0.2, 0.25) is 0 Å². The lowest BCUT2D eigenvalue weighted by molar-refractivity contribution is 0.0211. The standard InChI is InChI=1S/C25H26N2O2S/c1-17-24(19-13-15-27(17)16-14-19)26-25(28)23-12-11-22(29-23)18-7-9-21(10-8-18)30-20-5-3-2-4-6-20/h2-12,17,19,24H,13-16H2,1H3,(H,26,28)/t17-,24+/m1/s1. The second kappa shape index (κ2) is 8.32. The molecule has 0 spiro atoms. The first-order chi connectivity index (χ1) is 14.7. The van der Waals surface area contributed by atoms with E-state index in [1.807, 2.05) is 36.4 Å². The van der Waals surface area contributed by atoms with Crippen molar-refractivity contribution in [2.45, 2.75) is 41.6 Å². The van der Waals surface area contributed by atoms with Gasteiger partial charge >= 0.3 is 0 Å². The van der Waals surface area contributed by atoms with Gasteiger partial charge in [-0.1, -0.05) is 42.1 Å². The number of piperidine rings is 3. The molecular formula is C25H26N2O2S. The normalized spacial score (nSPS) is 25.2. The molecule has 0 aliphatic carbocycles. The Morgan fingerprint density at radius 1 is 0.967 bits per heavy atom. The number of amides is 1. The Balaban J connectivity index is 1.25. The molecule has 2 bridgehead atoms. The number of hydrogen-bond acceptors (Lipinski definition) is 4. The highest BCUT2D eigenvalue weighted by Gasteiger charge is 2.40. The van der Waals surface area contributed by atoms with Crippen molar-refractivity contribution in [1.29, 1.82) is 0 Å². The fourth-order valence-electron chi connectivity index (χ4n) is 4.69. The summed E-state index contributed by atoms with van der Waals surface area (Å²) in [6.45, 7) is 4.53. The van der Waals surface area contributed by atoms with Gasteiger partial charge in [-0.05, 0) is 75.2 Å². The van der Waals surface area contributed by atoms with Crippen LogP contribution in [0.1, 0.15) is 30.3 Å². The van der Waals surface area contributed by atoms with Crippen molar-refractivity contribution in [3.8, 4) is 11.3 Å². The average Bonchev–Trinajstić information content (AvgIpc) is 3.28. The molecule has 4 nitrogen and oxygen atoms in total. The van der Waals surface area contributed by atoms with Crippen molar-refractivity contribution in [2.75, 3.05) is 13.1 Å². The summed E-state index contributed by atoms with van der Waals surface area (Å²) in [6.07, 6.45) is 2.35. The van der Waals surface area contributed by atoms with Crippen LogP contribution in [0.5, 0.6) is 0 Å². The summed E-state index contributed by atoms with van der Waals surface area (Å²) in [5, 5.41) is 3.24. The van der Waals surface area contributed by atoms with Gasteiger partial charge in [0.25, 0.3) is 5.91 Å². The second-order valence-electron chi connectivity index (χ2n) is 8.22. The van der Waals surface area contributed by atoms with Crippen molar-refractivity contribution < 1.29 is 9.21 Å². The molecule has 0 unspecified atom stereocenters. The van der Waals surface area contributed by atoms with Crippen LogP contribution in [0.15, 0.2) is 80.9 Å². The molecule has 154 valence electrons. The van der Waals surface area contributed by atoms with Crippen LogP contribution in [0.2, 0.25) is 0 Å². The number of hydrogen-bond donors (Lipinski definition) is 1. The summed E-state index contributed by atoms with van der Waals surface area (Å²) >= 11 is 1.73. The van der Waals surface area contributed by atoms with Crippen molar-refractivity contribution in [3.63, 3.8) is 0 Å². The molecule has 3 aromatic rings. The highest BCUT2D eigenvalue weighted by atomic mass is 32.2. The van der Waals surface area contributed by atoms with Crippen LogP contribution in [-0.2, 0) is 0 Å². The van der Waals surface area contributed by atoms with Crippen molar-refractivity contribution in [1.82, 2.24) is 10.2 Å². The molecule has 3 saturated heterocycles. The Morgan fingerprint density at radius 2 is 1.67 bits per heavy atom. The van der Waals surface area contributed by atoms with Gasteiger partial charge in [0.15, 0.2) is 5.76 Å². The predicted octanol–water partition coefficient (Wildman–Crippen LogP) is 5.31. The zero-order valence-corrected chi connectivity index (χ0v) is 17.9. The molecule has 1 amide bonds. The number of benzene rings is 2. The molecule has 3 fully saturated rings. The third-order valence-electron chi connectivity index (χ3n) is 6.42. The smallest absolute Gasteiger partial charge is 0.287 e. The van der Waals surface area contributed by atoms with E-state index in [-0.39, 0.29) is 11.9 Å². The Bertz CT molecular complexity index is 1010. The number of nitrogens with one attached hydrogen (secondary N) is 1. The molecular weight excluding hydrogens is 392 g/mol. The van der Waals surface area contributed by atoms with E-state index in [4.69, 9.17) is 4.42 Å². The summed E-state index contributed by atoms with van der Waals surface area (Å²) in [5.74, 6) is 1.58. The maximum absolute atomic E-state index is 12.8. The van der Waals surface area contributed by atoms with E-state index >= 15 is 0 Å². The summed E-state index contributed by atoms with van der Waals surface area (Å²) in [5.41, 5.74) is 0.975. The zero-order valence-electron chi connectivity index (χ0n) is 17.1. The lowest BCUT2D eigenvalue weighted by Crippen LogP contribution is -2.62. The third kappa shape index (κ3) is 3.92. The van der Waals surface area contributed by atoms with E-state index in [0.29, 0.717) is 17.7 Å². The van der Waals surface area contributed by atoms with Gasteiger partial charge in [0.05, 0.1) is 0 Å². The lowest BCUT2D eigenvalue weighted by atomic mass is 9.79. The fraction of sp³-hybridized carbons (Fsp3) is 0.320. The number of carbonyl (C=O) groups is 1. The minimum atomic E-state index is -0.108. The molecule has 5 heteroatoms. The zero-order chi connectivity index (χ0) is 20.5. The number of nitrogens with zero attached hydrogens (tertiary/aromatic N) is 1. The number of rotatable bonds is 5. The van der Waals surface area contributed by atoms with Crippen molar-refractivity contribution in [2.24, 2.45) is 5.92 Å². The van der Waals surface area contributed by atoms with E-state index < -0.39 is 0 Å². The van der Waals surface area contributed by atoms with Gasteiger partial charge in [-0.2, -0.15) is 0 Å². The molecule has 0 saturated carbocycles. The van der Waals surface area contributed by atoms with Crippen LogP contribution in [0.3, 0.4) is 0 Å². The second-order valence-corrected chi connectivity index (χ2v) is 9.36. The van der Waals surface area contributed by atoms with Crippen LogP contribution < -0.4 is 5.32 Å². The molecule has 2 atom stereocenters. The average molecular weight is 419 g/mol. The van der Waals surface area contributed by atoms with E-state index in [1.165, 1.54) is 22.6 Å². The number of fused-ring (bicyclic) bond motifs is 3. The van der Waals surface area contributed by atoms with Gasteiger partial charge in [-0.15, -0.1) is 0 Å². The summed E-state index contributed by atoms with van der Waals surface area (Å²) < 4.78 is 5.91. The number of carbonyl (C=O) groups excluding carboxylic acids is 1. The first-order valence-corrected chi connectivity index (χ1v) is 11.5. The van der Waals surface area contributed by atoms with Gasteiger partial charge in [0, 0.05) is 27.4 Å². The van der Waals surface area contributed by atoms with Gasteiger partial charge in [-0.25, -0.2) is 0 Å². The van der Waals surface area contributed by atoms with Crippen LogP contribution in [0.4, 0.5) is 0 Å². The van der Waals surface area contributed by atoms with E-state index in [0.717, 1.165) is 24.4 Å². The third-order valence-corrected chi connectivity index (χ3v) is 7.44. The Kier molecular flexibility index (Phi) is 5.40. The largest absolute Gasteiger partial charge is 0.451 e. The summed E-state index contributed by atoms with van der Waals surface area (Å²) in [4.78, 5) is 17.7. The highest BCUT2D eigenvalue weighted by Crippen LogP contribution is 2.33. The maximum Gasteiger partial charge on any atom is 0.287 e. The molecule has 6 rings (SSSR count). The first kappa shape index (κ1) is 19.5. The Morgan fingerprint density at radius 3 is 2.37 bits per heavy atom. The topological polar surface area (TPSA) is 45.5 Å². The van der Waals surface area contributed by atoms with E-state index in [9.17, 15) is 4.79 Å². The van der Waals surface area contributed by atoms with Crippen LogP contribution in [0, 0.1) is 5.92 Å². The van der Waals surface area contributed by atoms with Crippen LogP contribution in [-0.4, -0.2) is 36.0 Å². The SMILES string of the molecule is C[C@@H]1[C@H](NC(=O)c2ccc(-c3ccc(Sc4ccccc4)cc3)o2)C2CCN1CC2. The molecule has 3 aliphatic heterocycles. The predicted molar refractivity (Wildman–Crippen MR) is 120 cm³/mol. The molecule has 0 radical (unpaired) electrons. The molecule has 30 heavy (non-hydrogen) atoms. The molecule has 4 heterocycles. The highest BCUT2D eigenvalue weighted by molar-refractivity contribution is 7.99. The molecule has 1 aromatic heterocycles. The Hall–Kier alpha value is -2.50. The van der Waals surface area contributed by atoms with Crippen molar-refractivity contribution in [3.05, 3.63) is 72.5 Å². The van der Waals surface area contributed by atoms with Crippen LogP contribution in [0.25, 0.3) is 11.3 Å². The Labute approximate surface area is 181 Å². The molecule has 3 aliphatic rings. The minimum absolute atomic E-state index is 0.108. The lowest BCUT2D eigenvalue weighted by Gasteiger charge is -2.49. The van der Waals surface area contributed by atoms with Crippen molar-refractivity contribution >= 4 is 17.7 Å². The minimum Gasteiger partial charge on any atom is -0.451 e. The fourth-order valence-corrected chi connectivity index (χ4v) is 5.53. The first-order valence-electron chi connectivity index (χ1n) is 10.7. The van der Waals surface area contributed by atoms with Crippen LogP contribution >= 0.6 is 11.8 Å². The van der Waals surface area contributed by atoms with E-state index in [1.54, 1.807) is 17.8 Å². The summed E-state index contributed by atoms with van der Waals surface area (Å²) in [6, 6.07) is 22.8. The van der Waals surface area contributed by atoms with Gasteiger partial charge in [-0.3, -0.25) is 9.69 Å². The van der Waals surface area contributed by atoms with E-state index in [2.05, 4.69) is 41.4 Å². The molecule has 1 N–H and O–H groups in total. The number of furan rings is 1.